The lowest BCUT2D eigenvalue weighted by Crippen LogP contribution is -2.52. The predicted molar refractivity (Wildman–Crippen MR) is 166 cm³/mol. The zero-order chi connectivity index (χ0) is 30.4. The molecule has 0 aromatic heterocycles. The maximum absolute atomic E-state index is 14.1. The summed E-state index contributed by atoms with van der Waals surface area (Å²) < 4.78 is 34.6. The highest BCUT2D eigenvalue weighted by molar-refractivity contribution is 7.92. The number of amides is 2. The molecule has 0 aliphatic heterocycles. The number of hydrogen-bond acceptors (Lipinski definition) is 5. The molecule has 11 heteroatoms. The molecule has 1 atom stereocenters. The zero-order valence-corrected chi connectivity index (χ0v) is 26.2. The van der Waals surface area contributed by atoms with Gasteiger partial charge >= 0.3 is 0 Å². The van der Waals surface area contributed by atoms with E-state index in [1.807, 2.05) is 6.92 Å². The number of nitrogens with one attached hydrogen (secondary N) is 1. The third-order valence-electron chi connectivity index (χ3n) is 7.41. The number of sulfonamides is 1. The van der Waals surface area contributed by atoms with Crippen LogP contribution in [0.4, 0.5) is 5.69 Å². The molecule has 0 saturated heterocycles. The molecule has 224 valence electrons. The Morgan fingerprint density at radius 2 is 1.67 bits per heavy atom. The lowest BCUT2D eigenvalue weighted by atomic mass is 10.1. The zero-order valence-electron chi connectivity index (χ0n) is 23.8. The third-order valence-corrected chi connectivity index (χ3v) is 9.65. The lowest BCUT2D eigenvalue weighted by Gasteiger charge is -2.33. The first kappa shape index (κ1) is 31.7. The van der Waals surface area contributed by atoms with Gasteiger partial charge in [-0.25, -0.2) is 8.42 Å². The smallest absolute Gasteiger partial charge is 0.264 e. The van der Waals surface area contributed by atoms with Crippen molar-refractivity contribution in [2.75, 3.05) is 18.0 Å². The van der Waals surface area contributed by atoms with E-state index in [0.717, 1.165) is 35.6 Å². The van der Waals surface area contributed by atoms with Gasteiger partial charge in [0.2, 0.25) is 11.8 Å². The van der Waals surface area contributed by atoms with E-state index in [1.54, 1.807) is 55.5 Å². The number of anilines is 1. The van der Waals surface area contributed by atoms with Gasteiger partial charge in [-0.15, -0.1) is 0 Å². The van der Waals surface area contributed by atoms with Crippen LogP contribution in [0.25, 0.3) is 0 Å². The maximum atomic E-state index is 14.1. The summed E-state index contributed by atoms with van der Waals surface area (Å²) in [4.78, 5) is 28.9. The minimum atomic E-state index is -4.27. The van der Waals surface area contributed by atoms with Crippen LogP contribution in [0.2, 0.25) is 10.0 Å². The summed E-state index contributed by atoms with van der Waals surface area (Å²) in [5.41, 5.74) is 1.68. The molecule has 0 heterocycles. The van der Waals surface area contributed by atoms with Crippen molar-refractivity contribution in [2.45, 2.75) is 63.1 Å². The van der Waals surface area contributed by atoms with Crippen molar-refractivity contribution in [1.29, 1.82) is 0 Å². The van der Waals surface area contributed by atoms with E-state index in [9.17, 15) is 18.0 Å². The van der Waals surface area contributed by atoms with E-state index in [4.69, 9.17) is 27.9 Å². The molecule has 0 bridgehead atoms. The molecule has 0 radical (unpaired) electrons. The monoisotopic (exact) mass is 631 g/mol. The van der Waals surface area contributed by atoms with E-state index >= 15 is 0 Å². The predicted octanol–water partition coefficient (Wildman–Crippen LogP) is 5.98. The van der Waals surface area contributed by atoms with Crippen LogP contribution < -0.4 is 14.4 Å². The topological polar surface area (TPSA) is 96.0 Å². The molecule has 1 aliphatic carbocycles. The maximum Gasteiger partial charge on any atom is 0.264 e. The van der Waals surface area contributed by atoms with Gasteiger partial charge in [-0.2, -0.15) is 0 Å². The standard InChI is InChI=1S/C31H35Cl2N3O5S/c1-21-11-14-27(15-12-21)42(39,40)36(28-18-25(33)13-16-29(28)41-3)20-30(37)35(19-23-7-6-8-24(32)17-23)22(2)31(38)34-26-9-4-5-10-26/h6-8,11-18,22,26H,4-5,9-10,19-20H2,1-3H3,(H,34,38)/t22-/m1/s1. The Morgan fingerprint density at radius 3 is 2.31 bits per heavy atom. The van der Waals surface area contributed by atoms with Crippen LogP contribution in [-0.2, 0) is 26.2 Å². The number of benzene rings is 3. The average molecular weight is 633 g/mol. The minimum Gasteiger partial charge on any atom is -0.495 e. The van der Waals surface area contributed by atoms with Gasteiger partial charge < -0.3 is 15.0 Å². The molecule has 4 rings (SSSR count). The van der Waals surface area contributed by atoms with Gasteiger partial charge in [0.15, 0.2) is 0 Å². The van der Waals surface area contributed by atoms with Crippen molar-refractivity contribution in [3.8, 4) is 5.75 Å². The van der Waals surface area contributed by atoms with Crippen LogP contribution in [0.5, 0.6) is 5.75 Å². The van der Waals surface area contributed by atoms with Crippen LogP contribution in [-0.4, -0.2) is 50.9 Å². The quantitative estimate of drug-likeness (QED) is 0.281. The molecular weight excluding hydrogens is 597 g/mol. The van der Waals surface area contributed by atoms with E-state index in [0.29, 0.717) is 10.6 Å². The summed E-state index contributed by atoms with van der Waals surface area (Å²) in [5, 5.41) is 3.80. The molecule has 42 heavy (non-hydrogen) atoms. The molecular formula is C31H35Cl2N3O5S. The fraction of sp³-hybridized carbons (Fsp3) is 0.355. The van der Waals surface area contributed by atoms with Gasteiger partial charge in [0.25, 0.3) is 10.0 Å². The van der Waals surface area contributed by atoms with Crippen LogP contribution >= 0.6 is 23.2 Å². The van der Waals surface area contributed by atoms with E-state index in [2.05, 4.69) is 5.32 Å². The Balaban J connectivity index is 1.74. The van der Waals surface area contributed by atoms with Crippen molar-refractivity contribution in [1.82, 2.24) is 10.2 Å². The molecule has 1 N–H and O–H groups in total. The molecule has 1 aliphatic rings. The Morgan fingerprint density at radius 1 is 1.00 bits per heavy atom. The highest BCUT2D eigenvalue weighted by Gasteiger charge is 2.34. The summed E-state index contributed by atoms with van der Waals surface area (Å²) in [5.74, 6) is -0.663. The Kier molecular flexibility index (Phi) is 10.4. The summed E-state index contributed by atoms with van der Waals surface area (Å²) in [6.07, 6.45) is 3.85. The highest BCUT2D eigenvalue weighted by Crippen LogP contribution is 2.35. The second-order valence-corrected chi connectivity index (χ2v) is 13.2. The molecule has 3 aromatic carbocycles. The normalized spacial score (nSPS) is 14.3. The molecule has 1 fully saturated rings. The first-order valence-electron chi connectivity index (χ1n) is 13.8. The summed E-state index contributed by atoms with van der Waals surface area (Å²) in [7, 11) is -2.86. The SMILES string of the molecule is COc1ccc(Cl)cc1N(CC(=O)N(Cc1cccc(Cl)c1)[C@H](C)C(=O)NC1CCCC1)S(=O)(=O)c1ccc(C)cc1. The van der Waals surface area contributed by atoms with Crippen molar-refractivity contribution in [3.05, 3.63) is 87.9 Å². The summed E-state index contributed by atoms with van der Waals surface area (Å²) in [6.45, 7) is 2.94. The van der Waals surface area contributed by atoms with Crippen LogP contribution in [0.1, 0.15) is 43.7 Å². The fourth-order valence-electron chi connectivity index (χ4n) is 5.02. The molecule has 0 unspecified atom stereocenters. The molecule has 0 spiro atoms. The van der Waals surface area contributed by atoms with Gasteiger partial charge in [-0.3, -0.25) is 13.9 Å². The Labute approximate surface area is 257 Å². The van der Waals surface area contributed by atoms with Crippen LogP contribution in [0.15, 0.2) is 71.6 Å². The number of methoxy groups -OCH3 is 1. The fourth-order valence-corrected chi connectivity index (χ4v) is 6.81. The van der Waals surface area contributed by atoms with Crippen molar-refractivity contribution >= 4 is 50.7 Å². The van der Waals surface area contributed by atoms with Crippen molar-refractivity contribution < 1.29 is 22.7 Å². The summed E-state index contributed by atoms with van der Waals surface area (Å²) >= 11 is 12.5. The Bertz CT molecular complexity index is 1530. The van der Waals surface area contributed by atoms with Crippen molar-refractivity contribution in [2.24, 2.45) is 0 Å². The van der Waals surface area contributed by atoms with Gasteiger partial charge in [-0.1, -0.05) is 65.9 Å². The molecule has 1 saturated carbocycles. The first-order valence-corrected chi connectivity index (χ1v) is 16.0. The largest absolute Gasteiger partial charge is 0.495 e. The van der Waals surface area contributed by atoms with Crippen molar-refractivity contribution in [3.63, 3.8) is 0 Å². The molecule has 3 aromatic rings. The van der Waals surface area contributed by atoms with Crippen LogP contribution in [0, 0.1) is 6.92 Å². The molecule has 2 amide bonds. The average Bonchev–Trinajstić information content (AvgIpc) is 3.47. The number of halogens is 2. The number of carbonyl (C=O) groups is 2. The lowest BCUT2D eigenvalue weighted by molar-refractivity contribution is -0.139. The number of nitrogens with zero attached hydrogens (tertiary/aromatic N) is 2. The second-order valence-electron chi connectivity index (χ2n) is 10.5. The number of aryl methyl sites for hydroxylation is 1. The van der Waals surface area contributed by atoms with E-state index in [-0.39, 0.29) is 39.8 Å². The van der Waals surface area contributed by atoms with Gasteiger partial charge in [0, 0.05) is 22.6 Å². The Hall–Kier alpha value is -3.27. The van der Waals surface area contributed by atoms with Crippen LogP contribution in [0.3, 0.4) is 0 Å². The number of ether oxygens (including phenoxy) is 1. The highest BCUT2D eigenvalue weighted by atomic mass is 35.5. The van der Waals surface area contributed by atoms with Gasteiger partial charge in [0.1, 0.15) is 18.3 Å². The van der Waals surface area contributed by atoms with E-state index in [1.165, 1.54) is 30.2 Å². The number of rotatable bonds is 11. The second kappa shape index (κ2) is 13.8. The minimum absolute atomic E-state index is 0.00338. The third kappa shape index (κ3) is 7.56. The number of hydrogen-bond donors (Lipinski definition) is 1. The van der Waals surface area contributed by atoms with Gasteiger partial charge in [-0.05, 0) is 74.7 Å². The van der Waals surface area contributed by atoms with E-state index < -0.39 is 28.5 Å². The summed E-state index contributed by atoms with van der Waals surface area (Å²) in [6, 6.07) is 17.1. The number of carbonyl (C=O) groups excluding carboxylic acids is 2. The first-order chi connectivity index (χ1) is 20.0. The van der Waals surface area contributed by atoms with Gasteiger partial charge in [0.05, 0.1) is 17.7 Å². The molecule has 8 nitrogen and oxygen atoms in total.